The fourth-order valence-corrected chi connectivity index (χ4v) is 13.3. The SMILES string of the molecule is Cc1ncsc1-c1ccc([C@H](C)NC(=O)[C@@H]2C[C@@H](O)CN2C(=O)[C@@H](c2cc(-c3ccc(N4CCN(CCOC5CC(Oc6cc(N7C8CC[C@@H]7CN(c7cc(-c9ccccc9O)nnc7N)C8)ccn6)C5)CC4)nc3)no2)C(C)C)cc1. The number of nitrogens with two attached hydrogens (primary N) is 1. The number of nitrogens with zero attached hydrogens (tertiary/aromatic N) is 11. The Morgan fingerprint density at radius 2 is 1.61 bits per heavy atom. The number of hydrogen-bond acceptors (Lipinski definition) is 19. The summed E-state index contributed by atoms with van der Waals surface area (Å²) in [4.78, 5) is 54.1. The number of aryl methyl sites for hydroxylation is 1. The predicted molar refractivity (Wildman–Crippen MR) is 314 cm³/mol. The molecule has 5 aliphatic rings. The van der Waals surface area contributed by atoms with Gasteiger partial charge in [-0.1, -0.05) is 55.4 Å². The van der Waals surface area contributed by atoms with Crippen LogP contribution in [-0.2, 0) is 14.3 Å². The van der Waals surface area contributed by atoms with E-state index in [1.807, 2.05) is 94.0 Å². The lowest BCUT2D eigenvalue weighted by molar-refractivity contribution is -0.141. The number of likely N-dealkylation sites (tertiary alicyclic amines) is 1. The molecule has 1 unspecified atom stereocenters. The van der Waals surface area contributed by atoms with Gasteiger partial charge in [-0.15, -0.1) is 21.5 Å². The van der Waals surface area contributed by atoms with Crippen LogP contribution in [0.25, 0.3) is 33.0 Å². The minimum absolute atomic E-state index is 0.0535. The zero-order valence-corrected chi connectivity index (χ0v) is 47.6. The van der Waals surface area contributed by atoms with Crippen LogP contribution in [0.3, 0.4) is 0 Å². The van der Waals surface area contributed by atoms with Crippen molar-refractivity contribution in [2.45, 2.75) is 108 Å². The van der Waals surface area contributed by atoms with Gasteiger partial charge < -0.3 is 54.9 Å². The van der Waals surface area contributed by atoms with Crippen LogP contribution in [-0.4, -0.2) is 158 Å². The summed E-state index contributed by atoms with van der Waals surface area (Å²) in [5.41, 5.74) is 15.7. The average Bonchev–Trinajstić information content (AvgIpc) is 4.35. The Morgan fingerprint density at radius 1 is 0.841 bits per heavy atom. The van der Waals surface area contributed by atoms with Gasteiger partial charge in [-0.3, -0.25) is 14.5 Å². The second kappa shape index (κ2) is 23.6. The molecule has 1 aliphatic carbocycles. The van der Waals surface area contributed by atoms with Crippen molar-refractivity contribution in [1.29, 1.82) is 0 Å². The van der Waals surface area contributed by atoms with Gasteiger partial charge in [0.25, 0.3) is 0 Å². The number of hydrogen-bond donors (Lipinski definition) is 4. The van der Waals surface area contributed by atoms with Gasteiger partial charge in [-0.05, 0) is 80.1 Å². The Hall–Kier alpha value is -7.72. The highest BCUT2D eigenvalue weighted by molar-refractivity contribution is 7.13. The normalized spacial score (nSPS) is 22.6. The summed E-state index contributed by atoms with van der Waals surface area (Å²) in [6, 6.07) is 26.5. The number of aliphatic hydroxyl groups is 1. The van der Waals surface area contributed by atoms with Crippen molar-refractivity contribution in [2.75, 3.05) is 79.4 Å². The van der Waals surface area contributed by atoms with Crippen molar-refractivity contribution in [3.8, 4) is 44.6 Å². The van der Waals surface area contributed by atoms with Gasteiger partial charge in [-0.25, -0.2) is 15.0 Å². The summed E-state index contributed by atoms with van der Waals surface area (Å²) in [5.74, 6) is 0.979. The van der Waals surface area contributed by atoms with E-state index in [-0.39, 0.29) is 54.7 Å². The molecule has 2 bridgehead atoms. The molecule has 21 heteroatoms. The summed E-state index contributed by atoms with van der Waals surface area (Å²) in [5, 5.41) is 37.3. The molecule has 6 atom stereocenters. The number of anilines is 4. The van der Waals surface area contributed by atoms with Gasteiger partial charge in [0.15, 0.2) is 5.82 Å². The number of piperazine rings is 2. The van der Waals surface area contributed by atoms with Crippen LogP contribution in [0.2, 0.25) is 0 Å². The van der Waals surface area contributed by atoms with Gasteiger partial charge in [0, 0.05) is 125 Å². The van der Waals surface area contributed by atoms with E-state index in [9.17, 15) is 19.8 Å². The number of carbonyl (C=O) groups is 2. The molecule has 5 N–H and O–H groups in total. The molecule has 1 saturated carbocycles. The number of rotatable bonds is 18. The van der Waals surface area contributed by atoms with Crippen LogP contribution in [0.5, 0.6) is 11.6 Å². The highest BCUT2D eigenvalue weighted by atomic mass is 32.1. The van der Waals surface area contributed by atoms with Crippen molar-refractivity contribution < 1.29 is 33.8 Å². The quantitative estimate of drug-likeness (QED) is 0.0651. The minimum Gasteiger partial charge on any atom is -0.507 e. The van der Waals surface area contributed by atoms with Gasteiger partial charge >= 0.3 is 0 Å². The lowest BCUT2D eigenvalue weighted by Crippen LogP contribution is -2.54. The molecule has 0 radical (unpaired) electrons. The van der Waals surface area contributed by atoms with E-state index in [1.54, 1.807) is 35.7 Å². The number of pyridine rings is 2. The second-order valence-electron chi connectivity index (χ2n) is 22.9. The molecule has 2 aromatic carbocycles. The number of thiazole rings is 1. The number of β-amino-alcohol motifs (C(OH)–C–C–N with tert-alkyl or cyclic N) is 1. The summed E-state index contributed by atoms with van der Waals surface area (Å²) in [7, 11) is 0. The number of para-hydroxylation sites is 1. The van der Waals surface area contributed by atoms with Crippen molar-refractivity contribution >= 4 is 46.2 Å². The lowest BCUT2D eigenvalue weighted by Gasteiger charge is -2.43. The number of amides is 2. The number of nitrogen functional groups attached to an aromatic ring is 1. The molecule has 82 heavy (non-hydrogen) atoms. The standard InChI is InChI=1S/C61H71N13O7S/c1-36(2)57(61(78)73-34-45(75)26-52(73)60(77)66-37(3)39-9-11-40(12-10-39)58-38(4)65-35-82-58)54-30-49(69-81-54)41-13-16-55(64-31-41)71-21-19-70(20-22-71)23-24-79-46-27-47(28-46)80-56-25-42(17-18-63-56)74-43-14-15-44(74)33-72(32-43)51-29-50(67-68-59(51)62)48-7-5-6-8-53(48)76/h5-13,16-18,25,29-31,35-37,43-47,52,57,75-76H,14-15,19-24,26-28,32-34H2,1-4H3,(H2,62,68)(H,66,77)/t37-,43+,44?,45+,46?,47?,52-,57+/m0/s1. The Bertz CT molecular complexity index is 3350. The molecule has 0 spiro atoms. The first-order chi connectivity index (χ1) is 39.8. The zero-order valence-electron chi connectivity index (χ0n) is 46.8. The van der Waals surface area contributed by atoms with Crippen molar-refractivity contribution in [3.63, 3.8) is 0 Å². The largest absolute Gasteiger partial charge is 0.507 e. The van der Waals surface area contributed by atoms with Crippen LogP contribution in [0.1, 0.15) is 81.9 Å². The Morgan fingerprint density at radius 3 is 2.33 bits per heavy atom. The number of fused-ring (bicyclic) bond motifs is 2. The molecule has 7 aromatic rings. The summed E-state index contributed by atoms with van der Waals surface area (Å²) < 4.78 is 18.6. The number of aromatic nitrogens is 6. The van der Waals surface area contributed by atoms with E-state index >= 15 is 0 Å². The smallest absolute Gasteiger partial charge is 0.243 e. The fourth-order valence-electron chi connectivity index (χ4n) is 12.5. The van der Waals surface area contributed by atoms with Gasteiger partial charge in [-0.2, -0.15) is 0 Å². The average molecular weight is 1130 g/mol. The fraction of sp³-hybridized carbons (Fsp3) is 0.443. The third-order valence-corrected chi connectivity index (χ3v) is 18.0. The first kappa shape index (κ1) is 54.8. The van der Waals surface area contributed by atoms with Crippen molar-refractivity contribution in [3.05, 3.63) is 120 Å². The number of aromatic hydroxyl groups is 1. The number of phenols is 1. The van der Waals surface area contributed by atoms with E-state index in [4.69, 9.17) is 24.7 Å². The summed E-state index contributed by atoms with van der Waals surface area (Å²) in [6.45, 7) is 14.4. The van der Waals surface area contributed by atoms with Gasteiger partial charge in [0.1, 0.15) is 41.1 Å². The molecule has 12 rings (SSSR count). The highest BCUT2D eigenvalue weighted by Gasteiger charge is 2.44. The number of aliphatic hydroxyl groups excluding tert-OH is 1. The number of phenolic OH excluding ortho intramolecular Hbond substituents is 1. The van der Waals surface area contributed by atoms with E-state index in [2.05, 4.69) is 62.4 Å². The van der Waals surface area contributed by atoms with Crippen molar-refractivity contribution in [2.24, 2.45) is 5.92 Å². The van der Waals surface area contributed by atoms with Crippen LogP contribution >= 0.6 is 11.3 Å². The summed E-state index contributed by atoms with van der Waals surface area (Å²) in [6.07, 6.45) is 6.98. The van der Waals surface area contributed by atoms with E-state index in [1.165, 1.54) is 4.90 Å². The maximum atomic E-state index is 14.4. The minimum atomic E-state index is -0.832. The van der Waals surface area contributed by atoms with Crippen LogP contribution in [0, 0.1) is 12.8 Å². The third kappa shape index (κ3) is 11.6. The molecular formula is C61H71N13O7S. The predicted octanol–water partition coefficient (Wildman–Crippen LogP) is 7.49. The number of carbonyl (C=O) groups excluding carboxylic acids is 2. The topological polar surface area (TPSA) is 238 Å². The number of ether oxygens (including phenoxy) is 2. The first-order valence-electron chi connectivity index (χ1n) is 28.7. The van der Waals surface area contributed by atoms with E-state index in [0.29, 0.717) is 53.1 Å². The molecule has 4 aliphatic heterocycles. The summed E-state index contributed by atoms with van der Waals surface area (Å²) >= 11 is 1.59. The van der Waals surface area contributed by atoms with Gasteiger partial charge in [0.2, 0.25) is 17.7 Å². The molecule has 5 fully saturated rings. The van der Waals surface area contributed by atoms with Gasteiger partial charge in [0.05, 0.1) is 52.3 Å². The molecule has 2 amide bonds. The third-order valence-electron chi connectivity index (χ3n) is 17.1. The molecule has 428 valence electrons. The lowest BCUT2D eigenvalue weighted by atomic mass is 9.91. The maximum Gasteiger partial charge on any atom is 0.243 e. The number of benzene rings is 2. The number of nitrogens with one attached hydrogen (secondary N) is 1. The molecule has 20 nitrogen and oxygen atoms in total. The van der Waals surface area contributed by atoms with E-state index < -0.39 is 18.1 Å². The molecule has 4 saturated heterocycles. The zero-order chi connectivity index (χ0) is 56.6. The first-order valence-corrected chi connectivity index (χ1v) is 29.6. The maximum absolute atomic E-state index is 14.4. The van der Waals surface area contributed by atoms with Crippen LogP contribution in [0.15, 0.2) is 107 Å². The molecular weight excluding hydrogens is 1060 g/mol. The Kier molecular flexibility index (Phi) is 15.8. The molecule has 9 heterocycles. The monoisotopic (exact) mass is 1130 g/mol. The Labute approximate surface area is 481 Å². The Balaban J connectivity index is 0.574. The molecule has 5 aromatic heterocycles. The second-order valence-corrected chi connectivity index (χ2v) is 23.7. The van der Waals surface area contributed by atoms with E-state index in [0.717, 1.165) is 116 Å². The van der Waals surface area contributed by atoms with Crippen LogP contribution in [0.4, 0.5) is 23.0 Å². The van der Waals surface area contributed by atoms with Crippen molar-refractivity contribution in [1.82, 2.24) is 45.4 Å². The van der Waals surface area contributed by atoms with Crippen LogP contribution < -0.4 is 30.5 Å². The highest BCUT2D eigenvalue weighted by Crippen LogP contribution is 2.41.